The Kier molecular flexibility index (Phi) is 11.7. The Labute approximate surface area is 244 Å². The van der Waals surface area contributed by atoms with Crippen molar-refractivity contribution < 1.29 is 20.1 Å². The maximum absolute atomic E-state index is 11.0. The summed E-state index contributed by atoms with van der Waals surface area (Å²) in [6.45, 7) is 3.32. The third-order valence-corrected chi connectivity index (χ3v) is 8.47. The Morgan fingerprint density at radius 3 is 2.80 bits per heavy atom. The van der Waals surface area contributed by atoms with Crippen LogP contribution in [0.5, 0.6) is 11.5 Å². The van der Waals surface area contributed by atoms with Crippen molar-refractivity contribution >= 4 is 0 Å². The van der Waals surface area contributed by atoms with Gasteiger partial charge in [-0.1, -0.05) is 37.8 Å². The average molecular weight is 562 g/mol. The second-order valence-corrected chi connectivity index (χ2v) is 11.5. The summed E-state index contributed by atoms with van der Waals surface area (Å²) in [5.74, 6) is 8.21. The van der Waals surface area contributed by atoms with Crippen LogP contribution in [0.25, 0.3) is 0 Å². The number of ether oxygens (including phenoxy) is 1. The molecule has 2 heterocycles. The zero-order chi connectivity index (χ0) is 29.0. The lowest BCUT2D eigenvalue weighted by molar-refractivity contribution is 0.00559. The fraction of sp³-hybridized carbons (Fsp3) is 0.529. The summed E-state index contributed by atoms with van der Waals surface area (Å²) in [6.07, 6.45) is 13.0. The van der Waals surface area contributed by atoms with Gasteiger partial charge in [-0.2, -0.15) is 0 Å². The predicted octanol–water partition coefficient (Wildman–Crippen LogP) is 4.94. The highest BCUT2D eigenvalue weighted by Gasteiger charge is 2.26. The number of aliphatic hydroxyl groups is 2. The normalized spacial score (nSPS) is 22.8. The molecule has 5 unspecified atom stereocenters. The van der Waals surface area contributed by atoms with Crippen LogP contribution >= 0.6 is 0 Å². The van der Waals surface area contributed by atoms with Crippen LogP contribution in [-0.4, -0.2) is 45.7 Å². The molecule has 0 saturated carbocycles. The van der Waals surface area contributed by atoms with E-state index in [-0.39, 0.29) is 17.6 Å². The Hall–Kier alpha value is -3.34. The number of phenolic OH excluding ortho intramolecular Hbond substituents is 1. The molecule has 41 heavy (non-hydrogen) atoms. The van der Waals surface area contributed by atoms with Crippen LogP contribution in [0.15, 0.2) is 60.1 Å². The number of aromatic nitrogens is 1. The Morgan fingerprint density at radius 1 is 1.17 bits per heavy atom. The monoisotopic (exact) mass is 561 g/mol. The molecule has 2 aliphatic rings. The van der Waals surface area contributed by atoms with Crippen LogP contribution in [0.4, 0.5) is 0 Å². The van der Waals surface area contributed by atoms with Crippen LogP contribution in [0.2, 0.25) is 0 Å². The number of nitrogens with one attached hydrogen (secondary N) is 2. The zero-order valence-corrected chi connectivity index (χ0v) is 24.3. The molecule has 0 fully saturated rings. The summed E-state index contributed by atoms with van der Waals surface area (Å²) in [7, 11) is 0. The van der Waals surface area contributed by atoms with Crippen molar-refractivity contribution in [2.75, 3.05) is 13.2 Å². The summed E-state index contributed by atoms with van der Waals surface area (Å²) in [6, 6.07) is 9.46. The van der Waals surface area contributed by atoms with Gasteiger partial charge in [0.25, 0.3) is 0 Å². The molecule has 7 N–H and O–H groups in total. The largest absolute Gasteiger partial charge is 0.504 e. The lowest BCUT2D eigenvalue weighted by Gasteiger charge is -2.27. The molecule has 222 valence electrons. The maximum Gasteiger partial charge on any atom is 0.161 e. The van der Waals surface area contributed by atoms with Crippen molar-refractivity contribution in [3.8, 4) is 23.3 Å². The topological polar surface area (TPSA) is 124 Å². The number of hydrogen-bond acceptors (Lipinski definition) is 6. The van der Waals surface area contributed by atoms with E-state index in [1.165, 1.54) is 5.57 Å². The fourth-order valence-corrected chi connectivity index (χ4v) is 5.86. The van der Waals surface area contributed by atoms with E-state index in [1.807, 2.05) is 30.5 Å². The third-order valence-electron chi connectivity index (χ3n) is 8.47. The van der Waals surface area contributed by atoms with Crippen LogP contribution in [0.3, 0.4) is 0 Å². The molecule has 0 bridgehead atoms. The van der Waals surface area contributed by atoms with E-state index in [2.05, 4.69) is 41.2 Å². The van der Waals surface area contributed by atoms with Gasteiger partial charge in [-0.25, -0.2) is 0 Å². The van der Waals surface area contributed by atoms with E-state index in [0.29, 0.717) is 56.3 Å². The third kappa shape index (κ3) is 9.34. The number of dihydropyridines is 1. The van der Waals surface area contributed by atoms with Gasteiger partial charge >= 0.3 is 0 Å². The van der Waals surface area contributed by atoms with Gasteiger partial charge in [0, 0.05) is 36.7 Å². The number of aromatic hydroxyl groups is 1. The molecule has 7 nitrogen and oxygen atoms in total. The standard InChI is InChI=1S/C34H47N3O4/c1-2-24-7-3-4-11-30(38)29(10-5-8-24)31(39)14-12-25-13-15-32(40)33(21-25)41-20-17-27(22-28-9-6-18-36-28)26-16-19-37-34(35)23-26/h6,9,13,15-16,18,21,23-24,27,29-31,36-40H,2-4,7,10-12,14,17,19-20,22,35H2,1H3. The molecule has 0 amide bonds. The number of benzene rings is 1. The lowest BCUT2D eigenvalue weighted by atomic mass is 9.85. The van der Waals surface area contributed by atoms with Gasteiger partial charge in [0.15, 0.2) is 11.5 Å². The lowest BCUT2D eigenvalue weighted by Crippen LogP contribution is -2.32. The molecule has 1 aliphatic heterocycles. The Bertz CT molecular complexity index is 1210. The second kappa shape index (κ2) is 15.6. The number of phenols is 1. The number of aliphatic hydroxyl groups excluding tert-OH is 2. The van der Waals surface area contributed by atoms with Gasteiger partial charge in [0.05, 0.1) is 24.6 Å². The first-order valence-corrected chi connectivity index (χ1v) is 15.3. The van der Waals surface area contributed by atoms with E-state index in [9.17, 15) is 15.3 Å². The first-order chi connectivity index (χ1) is 19.9. The molecule has 5 atom stereocenters. The molecular weight excluding hydrogens is 514 g/mol. The first kappa shape index (κ1) is 30.6. The molecule has 7 heteroatoms. The van der Waals surface area contributed by atoms with E-state index < -0.39 is 12.2 Å². The van der Waals surface area contributed by atoms with Crippen molar-refractivity contribution in [2.45, 2.75) is 83.3 Å². The highest BCUT2D eigenvalue weighted by molar-refractivity contribution is 5.42. The maximum atomic E-state index is 11.0. The quantitative estimate of drug-likeness (QED) is 0.204. The van der Waals surface area contributed by atoms with Crippen molar-refractivity contribution in [2.24, 2.45) is 23.5 Å². The SMILES string of the molecule is CCC1C#CCC(C(O)CCc2ccc(O)c(OCCC(Cc3ccc[nH]3)C3=CCNC(N)=C3)c2)C(O)CCCC1. The molecule has 2 aromatic rings. The number of aryl methyl sites for hydroxylation is 1. The minimum Gasteiger partial charge on any atom is -0.504 e. The number of hydrogen-bond donors (Lipinski definition) is 6. The molecule has 1 aromatic heterocycles. The molecule has 0 saturated heterocycles. The molecule has 0 spiro atoms. The molecule has 0 radical (unpaired) electrons. The summed E-state index contributed by atoms with van der Waals surface area (Å²) in [5, 5.41) is 35.5. The number of rotatable bonds is 12. The predicted molar refractivity (Wildman–Crippen MR) is 163 cm³/mol. The highest BCUT2D eigenvalue weighted by atomic mass is 16.5. The first-order valence-electron chi connectivity index (χ1n) is 15.3. The van der Waals surface area contributed by atoms with Gasteiger partial charge < -0.3 is 36.1 Å². The fourth-order valence-electron chi connectivity index (χ4n) is 5.86. The van der Waals surface area contributed by atoms with Gasteiger partial charge in [-0.3, -0.25) is 0 Å². The van der Waals surface area contributed by atoms with Crippen molar-refractivity contribution in [1.82, 2.24) is 10.3 Å². The Balaban J connectivity index is 1.34. The average Bonchev–Trinajstić information content (AvgIpc) is 3.49. The van der Waals surface area contributed by atoms with Gasteiger partial charge in [-0.15, -0.1) is 5.92 Å². The van der Waals surface area contributed by atoms with Gasteiger partial charge in [0.2, 0.25) is 0 Å². The van der Waals surface area contributed by atoms with Gasteiger partial charge in [0.1, 0.15) is 0 Å². The van der Waals surface area contributed by atoms with Crippen LogP contribution < -0.4 is 15.8 Å². The van der Waals surface area contributed by atoms with E-state index >= 15 is 0 Å². The van der Waals surface area contributed by atoms with Crippen LogP contribution in [0.1, 0.15) is 69.5 Å². The molecular formula is C34H47N3O4. The highest BCUT2D eigenvalue weighted by Crippen LogP contribution is 2.30. The van der Waals surface area contributed by atoms with E-state index in [1.54, 1.807) is 6.07 Å². The second-order valence-electron chi connectivity index (χ2n) is 11.5. The molecule has 4 rings (SSSR count). The summed E-state index contributed by atoms with van der Waals surface area (Å²) < 4.78 is 6.09. The molecule has 1 aromatic carbocycles. The summed E-state index contributed by atoms with van der Waals surface area (Å²) >= 11 is 0. The van der Waals surface area contributed by atoms with Crippen molar-refractivity contribution in [3.63, 3.8) is 0 Å². The van der Waals surface area contributed by atoms with Crippen LogP contribution in [-0.2, 0) is 12.8 Å². The minimum atomic E-state index is -0.649. The smallest absolute Gasteiger partial charge is 0.161 e. The summed E-state index contributed by atoms with van der Waals surface area (Å²) in [5.41, 5.74) is 9.35. The van der Waals surface area contributed by atoms with Crippen LogP contribution in [0, 0.1) is 29.6 Å². The zero-order valence-electron chi connectivity index (χ0n) is 24.3. The number of allylic oxidation sites excluding steroid dienone is 2. The van der Waals surface area contributed by atoms with Crippen molar-refractivity contribution in [3.05, 3.63) is 71.3 Å². The number of aromatic amines is 1. The number of nitrogens with two attached hydrogens (primary N) is 1. The minimum absolute atomic E-state index is 0.101. The summed E-state index contributed by atoms with van der Waals surface area (Å²) in [4.78, 5) is 3.29. The van der Waals surface area contributed by atoms with E-state index in [4.69, 9.17) is 10.5 Å². The number of H-pyrrole nitrogens is 1. The molecule has 1 aliphatic carbocycles. The Morgan fingerprint density at radius 2 is 2.02 bits per heavy atom. The van der Waals surface area contributed by atoms with E-state index in [0.717, 1.165) is 49.8 Å². The van der Waals surface area contributed by atoms with Gasteiger partial charge in [-0.05, 0) is 92.3 Å². The van der Waals surface area contributed by atoms with Crippen molar-refractivity contribution in [1.29, 1.82) is 0 Å².